The molecule has 0 radical (unpaired) electrons. The molecule has 0 saturated carbocycles. The van der Waals surface area contributed by atoms with Gasteiger partial charge in [0.2, 0.25) is 0 Å². The number of hydrogen-bond acceptors (Lipinski definition) is 3. The molecule has 0 fully saturated rings. The summed E-state index contributed by atoms with van der Waals surface area (Å²) in [5.41, 5.74) is 5.90. The van der Waals surface area contributed by atoms with Crippen LogP contribution in [0.1, 0.15) is 12.0 Å². The van der Waals surface area contributed by atoms with Gasteiger partial charge in [0.1, 0.15) is 11.3 Å². The summed E-state index contributed by atoms with van der Waals surface area (Å²) < 4.78 is 0. The summed E-state index contributed by atoms with van der Waals surface area (Å²) in [6, 6.07) is 4.74. The van der Waals surface area contributed by atoms with Crippen molar-refractivity contribution in [3.05, 3.63) is 33.9 Å². The summed E-state index contributed by atoms with van der Waals surface area (Å²) >= 11 is 3.22. The number of benzene rings is 1. The van der Waals surface area contributed by atoms with Gasteiger partial charge in [-0.05, 0) is 12.1 Å². The Morgan fingerprint density at radius 1 is 1.53 bits per heavy atom. The van der Waals surface area contributed by atoms with Gasteiger partial charge in [-0.15, -0.1) is 0 Å². The fraction of sp³-hybridized carbons (Fsp3) is 0.200. The molecule has 0 amide bonds. The molecule has 4 nitrogen and oxygen atoms in total. The zero-order valence-electron chi connectivity index (χ0n) is 7.87. The summed E-state index contributed by atoms with van der Waals surface area (Å²) in [7, 11) is 0. The van der Waals surface area contributed by atoms with Crippen LogP contribution in [0.5, 0.6) is 0 Å². The Balaban J connectivity index is 3.13. The molecule has 0 aromatic heterocycles. The molecular weight excluding hydrogens is 260 g/mol. The van der Waals surface area contributed by atoms with Crippen LogP contribution in [0.25, 0.3) is 0 Å². The Kier molecular flexibility index (Phi) is 4.13. The highest BCUT2D eigenvalue weighted by molar-refractivity contribution is 9.09. The van der Waals surface area contributed by atoms with E-state index in [1.165, 1.54) is 6.07 Å². The van der Waals surface area contributed by atoms with E-state index < -0.39 is 4.92 Å². The van der Waals surface area contributed by atoms with Gasteiger partial charge in [-0.25, -0.2) is 0 Å². The van der Waals surface area contributed by atoms with E-state index in [4.69, 9.17) is 5.73 Å². The maximum absolute atomic E-state index is 10.7. The van der Waals surface area contributed by atoms with Crippen molar-refractivity contribution < 1.29 is 4.92 Å². The van der Waals surface area contributed by atoms with Crippen LogP contribution in [0.2, 0.25) is 0 Å². The van der Waals surface area contributed by atoms with Crippen LogP contribution in [0, 0.1) is 22.0 Å². The number of nitro groups is 1. The average molecular weight is 269 g/mol. The molecular formula is C10H9BrN2O2. The molecule has 0 saturated heterocycles. The van der Waals surface area contributed by atoms with Gasteiger partial charge < -0.3 is 5.73 Å². The second-order valence-corrected chi connectivity index (χ2v) is 3.53. The van der Waals surface area contributed by atoms with E-state index in [-0.39, 0.29) is 11.4 Å². The van der Waals surface area contributed by atoms with Crippen LogP contribution in [-0.4, -0.2) is 10.3 Å². The Labute approximate surface area is 95.8 Å². The predicted molar refractivity (Wildman–Crippen MR) is 62.8 cm³/mol. The summed E-state index contributed by atoms with van der Waals surface area (Å²) in [4.78, 5) is 10.2. The molecule has 15 heavy (non-hydrogen) atoms. The van der Waals surface area contributed by atoms with E-state index in [0.717, 1.165) is 5.33 Å². The third-order valence-corrected chi connectivity index (χ3v) is 2.09. The van der Waals surface area contributed by atoms with Crippen LogP contribution in [0.15, 0.2) is 18.2 Å². The molecule has 0 unspecified atom stereocenters. The number of nitrogen functional groups attached to an aromatic ring is 1. The second-order valence-electron chi connectivity index (χ2n) is 2.74. The van der Waals surface area contributed by atoms with Crippen molar-refractivity contribution in [2.24, 2.45) is 0 Å². The minimum absolute atomic E-state index is 0.112. The monoisotopic (exact) mass is 268 g/mol. The molecule has 0 heterocycles. The molecule has 1 aromatic carbocycles. The molecule has 78 valence electrons. The first-order valence-corrected chi connectivity index (χ1v) is 5.36. The highest BCUT2D eigenvalue weighted by Crippen LogP contribution is 2.24. The number of para-hydroxylation sites is 1. The molecule has 0 bridgehead atoms. The summed E-state index contributed by atoms with van der Waals surface area (Å²) in [5, 5.41) is 11.5. The Hall–Kier alpha value is -1.54. The van der Waals surface area contributed by atoms with Crippen molar-refractivity contribution in [2.45, 2.75) is 6.42 Å². The van der Waals surface area contributed by atoms with Gasteiger partial charge in [0.25, 0.3) is 0 Å². The third kappa shape index (κ3) is 2.96. The average Bonchev–Trinajstić information content (AvgIpc) is 2.17. The molecule has 0 atom stereocenters. The number of rotatable bonds is 2. The molecule has 5 heteroatoms. The van der Waals surface area contributed by atoms with Crippen molar-refractivity contribution in [2.75, 3.05) is 11.1 Å². The minimum atomic E-state index is -0.506. The van der Waals surface area contributed by atoms with Gasteiger partial charge in [0.15, 0.2) is 0 Å². The predicted octanol–water partition coefficient (Wildman–Crippen LogP) is 2.31. The van der Waals surface area contributed by atoms with E-state index in [1.54, 1.807) is 12.1 Å². The molecule has 2 N–H and O–H groups in total. The quantitative estimate of drug-likeness (QED) is 0.294. The number of nitro benzene ring substituents is 1. The molecule has 1 aromatic rings. The smallest absolute Gasteiger partial charge is 0.307 e. The normalized spacial score (nSPS) is 9.13. The largest absolute Gasteiger partial charge is 0.393 e. The van der Waals surface area contributed by atoms with Gasteiger partial charge in [-0.2, -0.15) is 0 Å². The topological polar surface area (TPSA) is 69.2 Å². The lowest BCUT2D eigenvalue weighted by Crippen LogP contribution is -1.98. The molecule has 0 aliphatic rings. The van der Waals surface area contributed by atoms with E-state index >= 15 is 0 Å². The van der Waals surface area contributed by atoms with Crippen molar-refractivity contribution in [3.8, 4) is 11.8 Å². The van der Waals surface area contributed by atoms with Crippen molar-refractivity contribution in [1.82, 2.24) is 0 Å². The first kappa shape index (κ1) is 11.5. The van der Waals surface area contributed by atoms with Crippen molar-refractivity contribution in [3.63, 3.8) is 0 Å². The summed E-state index contributed by atoms with van der Waals surface area (Å²) in [6.45, 7) is 0. The van der Waals surface area contributed by atoms with Crippen LogP contribution in [0.4, 0.5) is 11.4 Å². The van der Waals surface area contributed by atoms with Gasteiger partial charge in [0.05, 0.1) is 4.92 Å². The number of halogens is 1. The second kappa shape index (κ2) is 5.37. The highest BCUT2D eigenvalue weighted by Gasteiger charge is 2.15. The van der Waals surface area contributed by atoms with Gasteiger partial charge >= 0.3 is 5.69 Å². The molecule has 0 aliphatic carbocycles. The van der Waals surface area contributed by atoms with Gasteiger partial charge in [-0.3, -0.25) is 10.1 Å². The summed E-state index contributed by atoms with van der Waals surface area (Å²) in [6.07, 6.45) is 0.645. The first-order valence-electron chi connectivity index (χ1n) is 4.24. The van der Waals surface area contributed by atoms with E-state index in [2.05, 4.69) is 27.8 Å². The van der Waals surface area contributed by atoms with Crippen LogP contribution < -0.4 is 5.73 Å². The minimum Gasteiger partial charge on any atom is -0.393 e. The van der Waals surface area contributed by atoms with E-state index in [1.807, 2.05) is 0 Å². The highest BCUT2D eigenvalue weighted by atomic mass is 79.9. The lowest BCUT2D eigenvalue weighted by Gasteiger charge is -1.98. The zero-order valence-corrected chi connectivity index (χ0v) is 9.45. The van der Waals surface area contributed by atoms with E-state index in [9.17, 15) is 10.1 Å². The maximum atomic E-state index is 10.7. The fourth-order valence-electron chi connectivity index (χ4n) is 1.07. The van der Waals surface area contributed by atoms with Gasteiger partial charge in [0, 0.05) is 11.8 Å². The lowest BCUT2D eigenvalue weighted by atomic mass is 10.1. The first-order chi connectivity index (χ1) is 7.16. The number of hydrogen-bond donors (Lipinski definition) is 1. The number of nitrogens with two attached hydrogens (primary N) is 1. The number of alkyl halides is 1. The Morgan fingerprint density at radius 3 is 2.87 bits per heavy atom. The van der Waals surface area contributed by atoms with Crippen LogP contribution >= 0.6 is 15.9 Å². The Bertz CT molecular complexity index is 435. The van der Waals surface area contributed by atoms with Crippen molar-refractivity contribution in [1.29, 1.82) is 0 Å². The molecule has 0 aliphatic heterocycles. The zero-order chi connectivity index (χ0) is 11.3. The molecule has 1 rings (SSSR count). The SMILES string of the molecule is Nc1cccc(C#CCCBr)c1[N+](=O)[O-]. The lowest BCUT2D eigenvalue weighted by molar-refractivity contribution is -0.384. The van der Waals surface area contributed by atoms with Gasteiger partial charge in [-0.1, -0.05) is 33.8 Å². The van der Waals surface area contributed by atoms with Crippen LogP contribution in [0.3, 0.4) is 0 Å². The number of nitrogens with zero attached hydrogens (tertiary/aromatic N) is 1. The maximum Gasteiger partial charge on any atom is 0.307 e. The fourth-order valence-corrected chi connectivity index (χ4v) is 1.27. The van der Waals surface area contributed by atoms with Crippen molar-refractivity contribution >= 4 is 27.3 Å². The summed E-state index contributed by atoms with van der Waals surface area (Å²) in [5.74, 6) is 5.55. The number of anilines is 1. The molecule has 0 spiro atoms. The Morgan fingerprint density at radius 2 is 2.27 bits per heavy atom. The standard InChI is InChI=1S/C10H9BrN2O2/c11-7-2-1-4-8-5-3-6-9(12)10(8)13(14)15/h3,5-6H,2,7,12H2. The third-order valence-electron chi connectivity index (χ3n) is 1.69. The van der Waals surface area contributed by atoms with Crippen LogP contribution in [-0.2, 0) is 0 Å². The van der Waals surface area contributed by atoms with E-state index in [0.29, 0.717) is 12.0 Å².